The highest BCUT2D eigenvalue weighted by Gasteiger charge is 2.22. The van der Waals surface area contributed by atoms with E-state index in [2.05, 4.69) is 4.72 Å². The van der Waals surface area contributed by atoms with Gasteiger partial charge in [-0.1, -0.05) is 55.5 Å². The van der Waals surface area contributed by atoms with Gasteiger partial charge in [-0.3, -0.25) is 4.72 Å². The summed E-state index contributed by atoms with van der Waals surface area (Å²) in [5.41, 5.74) is 1.25. The molecule has 2 N–H and O–H groups in total. The summed E-state index contributed by atoms with van der Waals surface area (Å²) >= 11 is 0. The Morgan fingerprint density at radius 2 is 1.59 bits per heavy atom. The normalized spacial score (nSPS) is 13.4. The molecular weight excluding hydrogens is 386 g/mol. The molecule has 3 aromatic carbocycles. The molecule has 29 heavy (non-hydrogen) atoms. The Bertz CT molecular complexity index is 1010. The van der Waals surface area contributed by atoms with Crippen LogP contribution in [-0.2, 0) is 10.0 Å². The molecule has 6 heteroatoms. The summed E-state index contributed by atoms with van der Waals surface area (Å²) in [5, 5.41) is 10.5. The van der Waals surface area contributed by atoms with Gasteiger partial charge in [0.15, 0.2) is 0 Å². The predicted octanol–water partition coefficient (Wildman–Crippen LogP) is 4.42. The number of para-hydroxylation sites is 1. The molecule has 3 aromatic rings. The number of rotatable bonds is 9. The molecule has 0 aliphatic carbocycles. The van der Waals surface area contributed by atoms with Crippen LogP contribution >= 0.6 is 0 Å². The molecule has 0 bridgehead atoms. The van der Waals surface area contributed by atoms with Crippen LogP contribution in [0.2, 0.25) is 0 Å². The summed E-state index contributed by atoms with van der Waals surface area (Å²) in [6, 6.07) is 24.7. The molecule has 0 radical (unpaired) electrons. The van der Waals surface area contributed by atoms with Crippen LogP contribution in [0.25, 0.3) is 0 Å². The third-order valence-corrected chi connectivity index (χ3v) is 6.07. The average Bonchev–Trinajstić information content (AvgIpc) is 2.75. The molecule has 0 heterocycles. The van der Waals surface area contributed by atoms with Crippen molar-refractivity contribution in [1.29, 1.82) is 0 Å². The first kappa shape index (κ1) is 20.9. The molecule has 0 saturated carbocycles. The van der Waals surface area contributed by atoms with Gasteiger partial charge in [0.25, 0.3) is 10.0 Å². The van der Waals surface area contributed by atoms with E-state index in [1.807, 2.05) is 43.3 Å². The number of ether oxygens (including phenoxy) is 1. The van der Waals surface area contributed by atoms with Crippen molar-refractivity contribution < 1.29 is 18.3 Å². The van der Waals surface area contributed by atoms with Crippen molar-refractivity contribution in [3.05, 3.63) is 90.5 Å². The van der Waals surface area contributed by atoms with Crippen molar-refractivity contribution in [2.45, 2.75) is 30.3 Å². The summed E-state index contributed by atoms with van der Waals surface area (Å²) in [6.45, 7) is 2.19. The highest BCUT2D eigenvalue weighted by atomic mass is 32.2. The second-order valence-electron chi connectivity index (χ2n) is 6.75. The van der Waals surface area contributed by atoms with Crippen LogP contribution in [0, 0.1) is 0 Å². The van der Waals surface area contributed by atoms with E-state index in [9.17, 15) is 13.5 Å². The molecule has 0 aromatic heterocycles. The highest BCUT2D eigenvalue weighted by Crippen LogP contribution is 2.27. The Hall–Kier alpha value is -2.83. The van der Waals surface area contributed by atoms with Crippen molar-refractivity contribution in [3.63, 3.8) is 0 Å². The SMILES string of the molecule is CCC(O)C(COc1ccccc1)c1cccc(NS(=O)(=O)c2ccccc2)c1. The van der Waals surface area contributed by atoms with E-state index in [1.54, 1.807) is 48.5 Å². The number of hydrogen-bond donors (Lipinski definition) is 2. The molecule has 0 amide bonds. The minimum absolute atomic E-state index is 0.197. The summed E-state index contributed by atoms with van der Waals surface area (Å²) < 4.78 is 33.7. The monoisotopic (exact) mass is 411 g/mol. The van der Waals surface area contributed by atoms with Gasteiger partial charge in [0.05, 0.1) is 17.6 Å². The van der Waals surface area contributed by atoms with Gasteiger partial charge in [0.2, 0.25) is 0 Å². The van der Waals surface area contributed by atoms with Gasteiger partial charge in [0.1, 0.15) is 5.75 Å². The Balaban J connectivity index is 1.80. The summed E-state index contributed by atoms with van der Waals surface area (Å²) in [5.74, 6) is 0.433. The first-order valence-electron chi connectivity index (χ1n) is 9.53. The molecule has 0 saturated heterocycles. The molecule has 0 aliphatic rings. The van der Waals surface area contributed by atoms with Crippen molar-refractivity contribution in [2.24, 2.45) is 0 Å². The maximum atomic E-state index is 12.6. The Morgan fingerprint density at radius 1 is 0.931 bits per heavy atom. The number of sulfonamides is 1. The van der Waals surface area contributed by atoms with E-state index >= 15 is 0 Å². The summed E-state index contributed by atoms with van der Waals surface area (Å²) in [4.78, 5) is 0.197. The van der Waals surface area contributed by atoms with Gasteiger partial charge in [0, 0.05) is 11.6 Å². The molecular formula is C23H25NO4S. The van der Waals surface area contributed by atoms with E-state index in [-0.39, 0.29) is 17.4 Å². The molecule has 0 fully saturated rings. The number of benzene rings is 3. The lowest BCUT2D eigenvalue weighted by molar-refractivity contribution is 0.110. The topological polar surface area (TPSA) is 75.6 Å². The van der Waals surface area contributed by atoms with Crippen LogP contribution in [0.1, 0.15) is 24.8 Å². The van der Waals surface area contributed by atoms with Crippen LogP contribution in [0.3, 0.4) is 0 Å². The van der Waals surface area contributed by atoms with E-state index in [0.29, 0.717) is 12.1 Å². The number of aliphatic hydroxyl groups excluding tert-OH is 1. The largest absolute Gasteiger partial charge is 0.493 e. The fourth-order valence-electron chi connectivity index (χ4n) is 3.06. The van der Waals surface area contributed by atoms with E-state index in [1.165, 1.54) is 0 Å². The van der Waals surface area contributed by atoms with E-state index in [0.717, 1.165) is 11.3 Å². The van der Waals surface area contributed by atoms with Crippen molar-refractivity contribution in [3.8, 4) is 5.75 Å². The summed E-state index contributed by atoms with van der Waals surface area (Å²) in [6.07, 6.45) is -0.0531. The first-order chi connectivity index (χ1) is 14.0. The zero-order valence-electron chi connectivity index (χ0n) is 16.2. The number of anilines is 1. The fraction of sp³-hybridized carbons (Fsp3) is 0.217. The molecule has 2 atom stereocenters. The van der Waals surface area contributed by atoms with Gasteiger partial charge >= 0.3 is 0 Å². The average molecular weight is 412 g/mol. The van der Waals surface area contributed by atoms with E-state index in [4.69, 9.17) is 4.74 Å². The maximum Gasteiger partial charge on any atom is 0.261 e. The number of nitrogens with one attached hydrogen (secondary N) is 1. The van der Waals surface area contributed by atoms with Gasteiger partial charge in [-0.25, -0.2) is 8.42 Å². The first-order valence-corrected chi connectivity index (χ1v) is 11.0. The van der Waals surface area contributed by atoms with Crippen molar-refractivity contribution >= 4 is 15.7 Å². The van der Waals surface area contributed by atoms with Crippen LogP contribution in [0.15, 0.2) is 89.8 Å². The van der Waals surface area contributed by atoms with E-state index < -0.39 is 16.1 Å². The standard InChI is InChI=1S/C23H25NO4S/c1-2-23(25)22(17-28-20-12-5-3-6-13-20)18-10-9-11-19(16-18)24-29(26,27)21-14-7-4-8-15-21/h3-16,22-25H,2,17H2,1H3. The number of aliphatic hydroxyl groups is 1. The minimum Gasteiger partial charge on any atom is -0.493 e. The van der Waals surface area contributed by atoms with Gasteiger partial charge in [-0.15, -0.1) is 0 Å². The smallest absolute Gasteiger partial charge is 0.261 e. The van der Waals surface area contributed by atoms with Crippen LogP contribution in [-0.4, -0.2) is 26.2 Å². The number of hydrogen-bond acceptors (Lipinski definition) is 4. The lowest BCUT2D eigenvalue weighted by Crippen LogP contribution is -2.24. The minimum atomic E-state index is -3.68. The van der Waals surface area contributed by atoms with Crippen molar-refractivity contribution in [1.82, 2.24) is 0 Å². The fourth-order valence-corrected chi connectivity index (χ4v) is 4.13. The van der Waals surface area contributed by atoms with Crippen LogP contribution in [0.4, 0.5) is 5.69 Å². The van der Waals surface area contributed by atoms with Gasteiger partial charge in [-0.05, 0) is 48.4 Å². The Labute approximate surface area is 172 Å². The zero-order chi connectivity index (χ0) is 20.7. The van der Waals surface area contributed by atoms with Crippen LogP contribution < -0.4 is 9.46 Å². The molecule has 2 unspecified atom stereocenters. The third kappa shape index (κ3) is 5.59. The third-order valence-electron chi connectivity index (χ3n) is 4.68. The molecule has 0 aliphatic heterocycles. The molecule has 152 valence electrons. The van der Waals surface area contributed by atoms with Gasteiger partial charge in [-0.2, -0.15) is 0 Å². The van der Waals surface area contributed by atoms with Crippen LogP contribution in [0.5, 0.6) is 5.75 Å². The molecule has 0 spiro atoms. The quantitative estimate of drug-likeness (QED) is 0.546. The van der Waals surface area contributed by atoms with Crippen molar-refractivity contribution in [2.75, 3.05) is 11.3 Å². The highest BCUT2D eigenvalue weighted by molar-refractivity contribution is 7.92. The summed E-state index contributed by atoms with van der Waals surface area (Å²) in [7, 11) is -3.68. The maximum absolute atomic E-state index is 12.6. The lowest BCUT2D eigenvalue weighted by atomic mass is 9.92. The lowest BCUT2D eigenvalue weighted by Gasteiger charge is -2.23. The predicted molar refractivity (Wildman–Crippen MR) is 115 cm³/mol. The second kappa shape index (κ2) is 9.58. The second-order valence-corrected chi connectivity index (χ2v) is 8.43. The Morgan fingerprint density at radius 3 is 2.24 bits per heavy atom. The molecule has 5 nitrogen and oxygen atoms in total. The molecule has 3 rings (SSSR count). The van der Waals surface area contributed by atoms with Gasteiger partial charge < -0.3 is 9.84 Å². The zero-order valence-corrected chi connectivity index (χ0v) is 17.0. The Kier molecular flexibility index (Phi) is 6.90.